The molecular formula is C13H20N2O3. The minimum absolute atomic E-state index is 0.0388. The zero-order chi connectivity index (χ0) is 13.9. The average molecular weight is 252 g/mol. The van der Waals surface area contributed by atoms with Crippen LogP contribution in [0.3, 0.4) is 0 Å². The van der Waals surface area contributed by atoms with Crippen molar-refractivity contribution in [3.8, 4) is 5.75 Å². The molecule has 0 aliphatic carbocycles. The largest absolute Gasteiger partial charge is 0.487 e. The normalized spacial score (nSPS) is 10.8. The number of rotatable bonds is 4. The smallest absolute Gasteiger partial charge is 0.338 e. The highest BCUT2D eigenvalue weighted by Gasteiger charge is 2.15. The summed E-state index contributed by atoms with van der Waals surface area (Å²) in [6, 6.07) is 3.03. The van der Waals surface area contributed by atoms with Crippen molar-refractivity contribution in [2.75, 3.05) is 11.5 Å². The Hall–Kier alpha value is -1.91. The van der Waals surface area contributed by atoms with Crippen LogP contribution in [0.5, 0.6) is 5.75 Å². The van der Waals surface area contributed by atoms with Gasteiger partial charge in [0.1, 0.15) is 0 Å². The number of nitrogen functional groups attached to an aromatic ring is 2. The van der Waals surface area contributed by atoms with Gasteiger partial charge in [-0.2, -0.15) is 0 Å². The van der Waals surface area contributed by atoms with Crippen molar-refractivity contribution in [2.24, 2.45) is 0 Å². The number of anilines is 2. The van der Waals surface area contributed by atoms with E-state index >= 15 is 0 Å². The fourth-order valence-electron chi connectivity index (χ4n) is 1.45. The molecule has 0 aliphatic rings. The van der Waals surface area contributed by atoms with Gasteiger partial charge in [-0.3, -0.25) is 0 Å². The number of benzene rings is 1. The molecule has 100 valence electrons. The molecule has 0 aliphatic heterocycles. The van der Waals surface area contributed by atoms with Gasteiger partial charge in [-0.05, 0) is 39.8 Å². The van der Waals surface area contributed by atoms with Gasteiger partial charge in [-0.25, -0.2) is 4.79 Å². The number of carbonyl (C=O) groups excluding carboxylic acids is 1. The number of hydrogen-bond acceptors (Lipinski definition) is 5. The van der Waals surface area contributed by atoms with Crippen LogP contribution in [0.25, 0.3) is 0 Å². The van der Waals surface area contributed by atoms with Crippen LogP contribution in [0.2, 0.25) is 0 Å². The zero-order valence-corrected chi connectivity index (χ0v) is 11.2. The van der Waals surface area contributed by atoms with E-state index < -0.39 is 5.97 Å². The predicted octanol–water partition coefficient (Wildman–Crippen LogP) is 2.20. The van der Waals surface area contributed by atoms with Gasteiger partial charge < -0.3 is 20.9 Å². The third-order valence-corrected chi connectivity index (χ3v) is 2.08. The average Bonchev–Trinajstić information content (AvgIpc) is 2.21. The Bertz CT molecular complexity index is 419. The maximum Gasteiger partial charge on any atom is 0.338 e. The summed E-state index contributed by atoms with van der Waals surface area (Å²) in [5, 5.41) is 0. The molecule has 0 unspecified atom stereocenters. The molecule has 18 heavy (non-hydrogen) atoms. The van der Waals surface area contributed by atoms with E-state index in [2.05, 4.69) is 0 Å². The minimum atomic E-state index is -0.445. The monoisotopic (exact) mass is 252 g/mol. The summed E-state index contributed by atoms with van der Waals surface area (Å²) in [5.41, 5.74) is 12.6. The highest BCUT2D eigenvalue weighted by Crippen LogP contribution is 2.31. The summed E-state index contributed by atoms with van der Waals surface area (Å²) in [7, 11) is 0. The van der Waals surface area contributed by atoms with Crippen LogP contribution >= 0.6 is 0 Å². The number of ether oxygens (including phenoxy) is 2. The molecule has 0 spiro atoms. The molecule has 0 amide bonds. The van der Waals surface area contributed by atoms with E-state index in [1.807, 2.05) is 13.8 Å². The van der Waals surface area contributed by atoms with Crippen molar-refractivity contribution in [2.45, 2.75) is 39.9 Å². The molecule has 1 aromatic rings. The molecule has 0 atom stereocenters. The lowest BCUT2D eigenvalue weighted by Gasteiger charge is -2.16. The highest BCUT2D eigenvalue weighted by molar-refractivity contribution is 5.93. The van der Waals surface area contributed by atoms with E-state index in [9.17, 15) is 4.79 Å². The van der Waals surface area contributed by atoms with Crippen LogP contribution in [0.4, 0.5) is 11.4 Å². The molecule has 0 heterocycles. The highest BCUT2D eigenvalue weighted by atomic mass is 16.5. The molecule has 5 nitrogen and oxygen atoms in total. The summed E-state index contributed by atoms with van der Waals surface area (Å²) < 4.78 is 10.6. The molecule has 4 N–H and O–H groups in total. The van der Waals surface area contributed by atoms with Crippen LogP contribution in [-0.4, -0.2) is 18.2 Å². The van der Waals surface area contributed by atoms with Crippen molar-refractivity contribution in [1.82, 2.24) is 0 Å². The minimum Gasteiger partial charge on any atom is -0.487 e. The van der Waals surface area contributed by atoms with Crippen LogP contribution in [0, 0.1) is 0 Å². The third-order valence-electron chi connectivity index (χ3n) is 2.08. The van der Waals surface area contributed by atoms with Gasteiger partial charge >= 0.3 is 5.97 Å². The molecular weight excluding hydrogens is 232 g/mol. The fourth-order valence-corrected chi connectivity index (χ4v) is 1.45. The maximum absolute atomic E-state index is 11.7. The van der Waals surface area contributed by atoms with E-state index in [4.69, 9.17) is 20.9 Å². The summed E-state index contributed by atoms with van der Waals surface area (Å²) in [6.07, 6.45) is -0.227. The van der Waals surface area contributed by atoms with Gasteiger partial charge in [-0.1, -0.05) is 0 Å². The first-order chi connectivity index (χ1) is 8.31. The number of esters is 1. The Morgan fingerprint density at radius 2 is 1.56 bits per heavy atom. The zero-order valence-electron chi connectivity index (χ0n) is 11.2. The van der Waals surface area contributed by atoms with Gasteiger partial charge in [0, 0.05) is 0 Å². The van der Waals surface area contributed by atoms with Crippen LogP contribution in [0.15, 0.2) is 12.1 Å². The van der Waals surface area contributed by atoms with E-state index in [0.717, 1.165) is 0 Å². The maximum atomic E-state index is 11.7. The Labute approximate surface area is 107 Å². The first-order valence-corrected chi connectivity index (χ1v) is 5.88. The quantitative estimate of drug-likeness (QED) is 0.633. The molecule has 5 heteroatoms. The molecule has 0 saturated carbocycles. The topological polar surface area (TPSA) is 87.6 Å². The Morgan fingerprint density at radius 1 is 1.06 bits per heavy atom. The SMILES string of the molecule is CC(C)OC(=O)c1cc(N)c(OC(C)C)c(N)c1. The second kappa shape index (κ2) is 5.62. The predicted molar refractivity (Wildman–Crippen MR) is 71.6 cm³/mol. The van der Waals surface area contributed by atoms with E-state index in [0.29, 0.717) is 22.7 Å². The molecule has 0 radical (unpaired) electrons. The fraction of sp³-hybridized carbons (Fsp3) is 0.462. The lowest BCUT2D eigenvalue weighted by atomic mass is 10.1. The second-order valence-electron chi connectivity index (χ2n) is 4.60. The van der Waals surface area contributed by atoms with Crippen LogP contribution in [-0.2, 0) is 4.74 Å². The Kier molecular flexibility index (Phi) is 4.42. The molecule has 0 saturated heterocycles. The lowest BCUT2D eigenvalue weighted by Crippen LogP contribution is -2.14. The Balaban J connectivity index is 3.02. The first kappa shape index (κ1) is 14.2. The van der Waals surface area contributed by atoms with Gasteiger partial charge in [0.05, 0.1) is 29.1 Å². The standard InChI is InChI=1S/C13H20N2O3/c1-7(2)17-12-10(14)5-9(6-11(12)15)13(16)18-8(3)4/h5-8H,14-15H2,1-4H3. The van der Waals surface area contributed by atoms with Gasteiger partial charge in [0.15, 0.2) is 5.75 Å². The van der Waals surface area contributed by atoms with Crippen molar-refractivity contribution >= 4 is 17.3 Å². The van der Waals surface area contributed by atoms with Gasteiger partial charge in [-0.15, -0.1) is 0 Å². The number of carbonyl (C=O) groups is 1. The van der Waals surface area contributed by atoms with Crippen molar-refractivity contribution in [3.05, 3.63) is 17.7 Å². The van der Waals surface area contributed by atoms with Crippen LogP contribution in [0.1, 0.15) is 38.1 Å². The lowest BCUT2D eigenvalue weighted by molar-refractivity contribution is 0.0378. The summed E-state index contributed by atoms with van der Waals surface area (Å²) in [5.74, 6) is -0.0365. The van der Waals surface area contributed by atoms with Crippen LogP contribution < -0.4 is 16.2 Å². The molecule has 0 fully saturated rings. The van der Waals surface area contributed by atoms with Gasteiger partial charge in [0.25, 0.3) is 0 Å². The Morgan fingerprint density at radius 3 is 1.94 bits per heavy atom. The molecule has 0 aromatic heterocycles. The molecule has 1 rings (SSSR count). The first-order valence-electron chi connectivity index (χ1n) is 5.88. The molecule has 0 bridgehead atoms. The number of nitrogens with two attached hydrogens (primary N) is 2. The summed E-state index contributed by atoms with van der Waals surface area (Å²) in [6.45, 7) is 7.31. The molecule has 1 aromatic carbocycles. The second-order valence-corrected chi connectivity index (χ2v) is 4.60. The summed E-state index contributed by atoms with van der Waals surface area (Å²) >= 11 is 0. The number of hydrogen-bond donors (Lipinski definition) is 2. The van der Waals surface area contributed by atoms with E-state index in [1.54, 1.807) is 13.8 Å². The van der Waals surface area contributed by atoms with Gasteiger partial charge in [0.2, 0.25) is 0 Å². The van der Waals surface area contributed by atoms with Crippen molar-refractivity contribution in [1.29, 1.82) is 0 Å². The summed E-state index contributed by atoms with van der Waals surface area (Å²) in [4.78, 5) is 11.7. The third kappa shape index (κ3) is 3.55. The van der Waals surface area contributed by atoms with Crippen molar-refractivity contribution < 1.29 is 14.3 Å². The van der Waals surface area contributed by atoms with E-state index in [-0.39, 0.29) is 12.2 Å². The van der Waals surface area contributed by atoms with Crippen molar-refractivity contribution in [3.63, 3.8) is 0 Å². The van der Waals surface area contributed by atoms with E-state index in [1.165, 1.54) is 12.1 Å².